The Morgan fingerprint density at radius 3 is 2.47 bits per heavy atom. The van der Waals surface area contributed by atoms with Crippen molar-refractivity contribution in [1.82, 2.24) is 24.1 Å². The van der Waals surface area contributed by atoms with Crippen molar-refractivity contribution in [2.45, 2.75) is 52.0 Å². The number of nitrogens with one attached hydrogen (secondary N) is 2. The Kier molecular flexibility index (Phi) is 6.42. The number of aromatic amines is 1. The van der Waals surface area contributed by atoms with Crippen LogP contribution in [0.15, 0.2) is 21.3 Å². The minimum Gasteiger partial charge on any atom is -0.391 e. The Balaban J connectivity index is 1.59. The molecule has 186 valence electrons. The summed E-state index contributed by atoms with van der Waals surface area (Å²) in [4.78, 5) is 25.3. The van der Waals surface area contributed by atoms with Gasteiger partial charge in [0.15, 0.2) is 0 Å². The van der Waals surface area contributed by atoms with Crippen molar-refractivity contribution in [2.24, 2.45) is 5.41 Å². The van der Waals surface area contributed by atoms with Crippen LogP contribution in [0.1, 0.15) is 60.7 Å². The number of hydrogen-bond acceptors (Lipinski definition) is 6. The van der Waals surface area contributed by atoms with E-state index in [1.165, 1.54) is 10.4 Å². The van der Waals surface area contributed by atoms with Gasteiger partial charge >= 0.3 is 5.76 Å². The molecule has 3 heterocycles. The van der Waals surface area contributed by atoms with E-state index < -0.39 is 33.7 Å². The standard InChI is InChI=1S/C22H30FN5O5S/c1-13-5-6-16(23)18(14(13)2)15(3)19(20-24-25-21(30)33-20)26-34(31,32)28-9-7-22(8-10-28)11-17(29)27(4)12-22/h5-6,15,19,26H,7-12H2,1-4H3,(H,25,30)/t15-,19+/m1/s1. The maximum atomic E-state index is 14.8. The average Bonchev–Trinajstić information content (AvgIpc) is 3.32. The van der Waals surface area contributed by atoms with Gasteiger partial charge in [-0.05, 0) is 54.9 Å². The van der Waals surface area contributed by atoms with Crippen molar-refractivity contribution >= 4 is 16.1 Å². The maximum absolute atomic E-state index is 14.8. The van der Waals surface area contributed by atoms with Crippen LogP contribution in [0.4, 0.5) is 4.39 Å². The molecule has 2 aromatic rings. The predicted octanol–water partition coefficient (Wildman–Crippen LogP) is 1.74. The third-order valence-corrected chi connectivity index (χ3v) is 8.93. The molecule has 0 unspecified atom stereocenters. The zero-order valence-electron chi connectivity index (χ0n) is 19.7. The van der Waals surface area contributed by atoms with Crippen LogP contribution in [0.25, 0.3) is 0 Å². The number of carbonyl (C=O) groups is 1. The molecular weight excluding hydrogens is 465 g/mol. The monoisotopic (exact) mass is 495 g/mol. The third-order valence-electron chi connectivity index (χ3n) is 7.33. The minimum absolute atomic E-state index is 0.0763. The average molecular weight is 496 g/mol. The summed E-state index contributed by atoms with van der Waals surface area (Å²) in [6, 6.07) is 1.88. The fourth-order valence-corrected chi connectivity index (χ4v) is 6.58. The fraction of sp³-hybridized carbons (Fsp3) is 0.591. The minimum atomic E-state index is -4.04. The summed E-state index contributed by atoms with van der Waals surface area (Å²) < 4.78 is 50.6. The van der Waals surface area contributed by atoms with E-state index in [0.29, 0.717) is 36.9 Å². The molecule has 2 atom stereocenters. The molecule has 0 aliphatic carbocycles. The van der Waals surface area contributed by atoms with E-state index in [2.05, 4.69) is 14.9 Å². The normalized spacial score (nSPS) is 20.7. The topological polar surface area (TPSA) is 129 Å². The molecule has 2 N–H and O–H groups in total. The van der Waals surface area contributed by atoms with Gasteiger partial charge in [0.25, 0.3) is 10.2 Å². The van der Waals surface area contributed by atoms with E-state index in [-0.39, 0.29) is 30.3 Å². The lowest BCUT2D eigenvalue weighted by Crippen LogP contribution is -2.49. The molecule has 10 nitrogen and oxygen atoms in total. The molecule has 2 fully saturated rings. The molecule has 0 saturated carbocycles. The van der Waals surface area contributed by atoms with Gasteiger partial charge in [-0.3, -0.25) is 4.79 Å². The van der Waals surface area contributed by atoms with Gasteiger partial charge in [-0.15, -0.1) is 5.10 Å². The van der Waals surface area contributed by atoms with E-state index in [0.717, 1.165) is 5.56 Å². The van der Waals surface area contributed by atoms with E-state index >= 15 is 0 Å². The predicted molar refractivity (Wildman–Crippen MR) is 122 cm³/mol. The molecule has 4 rings (SSSR count). The van der Waals surface area contributed by atoms with Gasteiger partial charge in [0.05, 0.1) is 0 Å². The summed E-state index contributed by atoms with van der Waals surface area (Å²) >= 11 is 0. The fourth-order valence-electron chi connectivity index (χ4n) is 5.14. The van der Waals surface area contributed by atoms with Gasteiger partial charge < -0.3 is 9.32 Å². The second kappa shape index (κ2) is 8.90. The van der Waals surface area contributed by atoms with Gasteiger partial charge in [0.2, 0.25) is 11.8 Å². The molecular formula is C22H30FN5O5S. The Bertz CT molecular complexity index is 1250. The number of piperidine rings is 1. The largest absolute Gasteiger partial charge is 0.434 e. The molecule has 2 saturated heterocycles. The summed E-state index contributed by atoms with van der Waals surface area (Å²) in [5.41, 5.74) is 1.65. The lowest BCUT2D eigenvalue weighted by atomic mass is 9.78. The van der Waals surface area contributed by atoms with Crippen LogP contribution in [0.2, 0.25) is 0 Å². The highest BCUT2D eigenvalue weighted by molar-refractivity contribution is 7.87. The second-order valence-electron chi connectivity index (χ2n) is 9.57. The van der Waals surface area contributed by atoms with Crippen molar-refractivity contribution in [2.75, 3.05) is 26.7 Å². The number of aryl methyl sites for hydroxylation is 1. The Labute approximate surface area is 197 Å². The van der Waals surface area contributed by atoms with Crippen LogP contribution in [0.3, 0.4) is 0 Å². The van der Waals surface area contributed by atoms with Gasteiger partial charge in [0.1, 0.15) is 11.9 Å². The van der Waals surface area contributed by atoms with E-state index in [4.69, 9.17) is 4.42 Å². The zero-order valence-corrected chi connectivity index (χ0v) is 20.5. The molecule has 1 aromatic heterocycles. The van der Waals surface area contributed by atoms with Crippen molar-refractivity contribution in [3.05, 3.63) is 51.1 Å². The molecule has 0 bridgehead atoms. The quantitative estimate of drug-likeness (QED) is 0.628. The van der Waals surface area contributed by atoms with Gasteiger partial charge in [-0.1, -0.05) is 13.0 Å². The molecule has 2 aliphatic heterocycles. The lowest BCUT2D eigenvalue weighted by molar-refractivity contribution is -0.126. The van der Waals surface area contributed by atoms with E-state index in [1.807, 2.05) is 6.92 Å². The number of carbonyl (C=O) groups excluding carboxylic acids is 1. The lowest BCUT2D eigenvalue weighted by Gasteiger charge is -2.38. The van der Waals surface area contributed by atoms with Crippen LogP contribution in [0.5, 0.6) is 0 Å². The number of amides is 1. The highest BCUT2D eigenvalue weighted by Gasteiger charge is 2.46. The number of benzene rings is 1. The third kappa shape index (κ3) is 4.53. The number of aromatic nitrogens is 2. The molecule has 34 heavy (non-hydrogen) atoms. The highest BCUT2D eigenvalue weighted by atomic mass is 32.2. The van der Waals surface area contributed by atoms with Crippen LogP contribution in [0, 0.1) is 25.1 Å². The Morgan fingerprint density at radius 2 is 1.91 bits per heavy atom. The van der Waals surface area contributed by atoms with Crippen molar-refractivity contribution in [1.29, 1.82) is 0 Å². The summed E-state index contributed by atoms with van der Waals surface area (Å²) in [5.74, 6) is -2.13. The first-order valence-electron chi connectivity index (χ1n) is 11.2. The van der Waals surface area contributed by atoms with Crippen LogP contribution in [-0.2, 0) is 15.0 Å². The summed E-state index contributed by atoms with van der Waals surface area (Å²) in [5, 5.41) is 5.98. The van der Waals surface area contributed by atoms with E-state index in [9.17, 15) is 22.4 Å². The molecule has 1 amide bonds. The molecule has 12 heteroatoms. The van der Waals surface area contributed by atoms with Crippen molar-refractivity contribution < 1.29 is 22.0 Å². The van der Waals surface area contributed by atoms with Gasteiger partial charge in [-0.2, -0.15) is 17.4 Å². The van der Waals surface area contributed by atoms with Crippen LogP contribution in [-0.4, -0.2) is 60.4 Å². The SMILES string of the molecule is Cc1ccc(F)c([C@@H](C)[C@H](NS(=O)(=O)N2CCC3(CC2)CC(=O)N(C)C3)c2n[nH]c(=O)o2)c1C. The number of hydrogen-bond donors (Lipinski definition) is 2. The molecule has 0 radical (unpaired) electrons. The Hall–Kier alpha value is -2.57. The maximum Gasteiger partial charge on any atom is 0.434 e. The summed E-state index contributed by atoms with van der Waals surface area (Å²) in [7, 11) is -2.28. The molecule has 1 aromatic carbocycles. The first-order chi connectivity index (χ1) is 15.9. The number of rotatable bonds is 6. The molecule has 1 spiro atoms. The number of likely N-dealkylation sites (tertiary alicyclic amines) is 1. The number of halogens is 1. The van der Waals surface area contributed by atoms with E-state index in [1.54, 1.807) is 31.9 Å². The highest BCUT2D eigenvalue weighted by Crippen LogP contribution is 2.41. The Morgan fingerprint density at radius 1 is 1.24 bits per heavy atom. The van der Waals surface area contributed by atoms with Crippen LogP contribution < -0.4 is 10.5 Å². The van der Waals surface area contributed by atoms with Crippen molar-refractivity contribution in [3.8, 4) is 0 Å². The summed E-state index contributed by atoms with van der Waals surface area (Å²) in [6.45, 7) is 6.39. The van der Waals surface area contributed by atoms with Crippen molar-refractivity contribution in [3.63, 3.8) is 0 Å². The summed E-state index contributed by atoms with van der Waals surface area (Å²) in [6.07, 6.45) is 1.55. The smallest absolute Gasteiger partial charge is 0.391 e. The first kappa shape index (κ1) is 24.6. The van der Waals surface area contributed by atoms with Gasteiger partial charge in [-0.25, -0.2) is 14.3 Å². The zero-order chi connectivity index (χ0) is 24.8. The number of H-pyrrole nitrogens is 1. The van der Waals surface area contributed by atoms with Crippen LogP contribution >= 0.6 is 0 Å². The first-order valence-corrected chi connectivity index (χ1v) is 12.7. The second-order valence-corrected chi connectivity index (χ2v) is 11.3. The molecule has 2 aliphatic rings. The van der Waals surface area contributed by atoms with Gasteiger partial charge in [0, 0.05) is 39.0 Å². The number of nitrogens with zero attached hydrogens (tertiary/aromatic N) is 3.